The van der Waals surface area contributed by atoms with Crippen molar-refractivity contribution in [2.45, 2.75) is 12.5 Å². The summed E-state index contributed by atoms with van der Waals surface area (Å²) < 4.78 is 0. The third-order valence-electron chi connectivity index (χ3n) is 2.91. The molecule has 2 rings (SSSR count). The van der Waals surface area contributed by atoms with Crippen molar-refractivity contribution in [3.8, 4) is 0 Å². The van der Waals surface area contributed by atoms with Crippen LogP contribution in [-0.2, 0) is 6.42 Å². The number of halogens is 1. The number of likely N-dealkylation sites (N-methyl/N-ethyl adjacent to an activating group) is 2. The molecule has 0 aromatic carbocycles. The van der Waals surface area contributed by atoms with Gasteiger partial charge in [-0.2, -0.15) is 0 Å². The maximum Gasteiger partial charge on any atom is 0.242 e. The van der Waals surface area contributed by atoms with Gasteiger partial charge in [-0.15, -0.1) is 5.10 Å². The first-order valence-corrected chi connectivity index (χ1v) is 5.48. The minimum absolute atomic E-state index is 0.303. The van der Waals surface area contributed by atoms with Gasteiger partial charge in [0.2, 0.25) is 5.28 Å². The van der Waals surface area contributed by atoms with E-state index < -0.39 is 0 Å². The van der Waals surface area contributed by atoms with Crippen LogP contribution in [0.4, 0.5) is 0 Å². The van der Waals surface area contributed by atoms with E-state index in [4.69, 9.17) is 11.6 Å². The van der Waals surface area contributed by atoms with Crippen molar-refractivity contribution in [1.82, 2.24) is 25.0 Å². The molecule has 15 heavy (non-hydrogen) atoms. The van der Waals surface area contributed by atoms with Crippen LogP contribution in [0.1, 0.15) is 5.82 Å². The van der Waals surface area contributed by atoms with E-state index in [2.05, 4.69) is 39.1 Å². The van der Waals surface area contributed by atoms with Gasteiger partial charge in [0.15, 0.2) is 0 Å². The van der Waals surface area contributed by atoms with Gasteiger partial charge in [0.1, 0.15) is 5.82 Å². The van der Waals surface area contributed by atoms with Gasteiger partial charge in [0, 0.05) is 32.1 Å². The summed E-state index contributed by atoms with van der Waals surface area (Å²) in [5.74, 6) is 0.868. The molecular weight excluding hydrogens is 214 g/mol. The summed E-state index contributed by atoms with van der Waals surface area (Å²) in [5, 5.41) is 6.98. The Kier molecular flexibility index (Phi) is 3.23. The Morgan fingerprint density at radius 3 is 2.93 bits per heavy atom. The fraction of sp³-hybridized carbons (Fsp3) is 0.778. The Hall–Kier alpha value is -0.650. The minimum atomic E-state index is 0.303. The van der Waals surface area contributed by atoms with E-state index in [1.165, 1.54) is 0 Å². The molecule has 1 aliphatic heterocycles. The largest absolute Gasteiger partial charge is 0.304 e. The van der Waals surface area contributed by atoms with Crippen molar-refractivity contribution >= 4 is 11.6 Å². The van der Waals surface area contributed by atoms with Crippen molar-refractivity contribution in [3.63, 3.8) is 0 Å². The zero-order chi connectivity index (χ0) is 10.8. The molecule has 5 nitrogen and oxygen atoms in total. The summed E-state index contributed by atoms with van der Waals surface area (Å²) in [5.41, 5.74) is 0. The first kappa shape index (κ1) is 10.9. The number of aromatic nitrogens is 3. The number of piperazine rings is 1. The van der Waals surface area contributed by atoms with Crippen molar-refractivity contribution in [2.24, 2.45) is 0 Å². The Morgan fingerprint density at radius 2 is 2.27 bits per heavy atom. The van der Waals surface area contributed by atoms with E-state index in [0.717, 1.165) is 31.9 Å². The second kappa shape index (κ2) is 4.47. The van der Waals surface area contributed by atoms with Gasteiger partial charge in [-0.3, -0.25) is 5.10 Å². The summed E-state index contributed by atoms with van der Waals surface area (Å²) in [6.45, 7) is 3.29. The first-order valence-electron chi connectivity index (χ1n) is 5.10. The van der Waals surface area contributed by atoms with Crippen LogP contribution in [0.3, 0.4) is 0 Å². The summed E-state index contributed by atoms with van der Waals surface area (Å²) in [6, 6.07) is 0.493. The molecule has 0 amide bonds. The van der Waals surface area contributed by atoms with Gasteiger partial charge < -0.3 is 9.80 Å². The number of aromatic amines is 1. The second-order valence-electron chi connectivity index (χ2n) is 4.15. The summed E-state index contributed by atoms with van der Waals surface area (Å²) in [6.07, 6.45) is 0.876. The first-order chi connectivity index (χ1) is 7.15. The lowest BCUT2D eigenvalue weighted by Gasteiger charge is -2.37. The van der Waals surface area contributed by atoms with E-state index in [-0.39, 0.29) is 0 Å². The van der Waals surface area contributed by atoms with Crippen LogP contribution in [-0.4, -0.2) is 64.8 Å². The normalized spacial score (nSPS) is 24.6. The smallest absolute Gasteiger partial charge is 0.242 e. The fourth-order valence-electron chi connectivity index (χ4n) is 1.91. The van der Waals surface area contributed by atoms with Crippen LogP contribution in [0.2, 0.25) is 5.28 Å². The van der Waals surface area contributed by atoms with Crippen molar-refractivity contribution in [3.05, 3.63) is 11.1 Å². The third kappa shape index (κ3) is 2.68. The van der Waals surface area contributed by atoms with E-state index >= 15 is 0 Å². The van der Waals surface area contributed by atoms with E-state index in [9.17, 15) is 0 Å². The zero-order valence-corrected chi connectivity index (χ0v) is 9.83. The number of hydrogen-bond acceptors (Lipinski definition) is 4. The maximum atomic E-state index is 5.67. The van der Waals surface area contributed by atoms with Gasteiger partial charge in [-0.05, 0) is 25.7 Å². The maximum absolute atomic E-state index is 5.67. The number of nitrogens with zero attached hydrogens (tertiary/aromatic N) is 4. The van der Waals surface area contributed by atoms with Crippen LogP contribution >= 0.6 is 11.6 Å². The molecule has 2 heterocycles. The molecule has 84 valence electrons. The molecule has 1 unspecified atom stereocenters. The van der Waals surface area contributed by atoms with Crippen LogP contribution in [0.15, 0.2) is 0 Å². The number of H-pyrrole nitrogens is 1. The standard InChI is InChI=1S/C9H16ClN5/c1-14-3-4-15(2)7(6-14)5-8-11-9(10)13-12-8/h7H,3-6H2,1-2H3,(H,11,12,13). The van der Waals surface area contributed by atoms with Gasteiger partial charge in [0.25, 0.3) is 0 Å². The molecule has 1 aromatic heterocycles. The average molecular weight is 230 g/mol. The fourth-order valence-corrected chi connectivity index (χ4v) is 2.05. The molecule has 1 N–H and O–H groups in total. The lowest BCUT2D eigenvalue weighted by atomic mass is 10.1. The third-order valence-corrected chi connectivity index (χ3v) is 3.08. The molecule has 0 bridgehead atoms. The Labute approximate surface area is 94.4 Å². The molecule has 1 atom stereocenters. The van der Waals surface area contributed by atoms with Crippen LogP contribution < -0.4 is 0 Å². The molecular formula is C9H16ClN5. The molecule has 1 aromatic rings. The number of hydrogen-bond donors (Lipinski definition) is 1. The highest BCUT2D eigenvalue weighted by atomic mass is 35.5. The van der Waals surface area contributed by atoms with Crippen molar-refractivity contribution < 1.29 is 0 Å². The van der Waals surface area contributed by atoms with Gasteiger partial charge in [-0.25, -0.2) is 4.98 Å². The number of nitrogens with one attached hydrogen (secondary N) is 1. The highest BCUT2D eigenvalue weighted by Gasteiger charge is 2.23. The van der Waals surface area contributed by atoms with E-state index in [0.29, 0.717) is 11.3 Å². The van der Waals surface area contributed by atoms with Crippen molar-refractivity contribution in [1.29, 1.82) is 0 Å². The summed E-state index contributed by atoms with van der Waals surface area (Å²) in [4.78, 5) is 8.81. The monoisotopic (exact) mass is 229 g/mol. The molecule has 0 radical (unpaired) electrons. The Morgan fingerprint density at radius 1 is 1.47 bits per heavy atom. The van der Waals surface area contributed by atoms with E-state index in [1.54, 1.807) is 0 Å². The lowest BCUT2D eigenvalue weighted by molar-refractivity contribution is 0.113. The van der Waals surface area contributed by atoms with Gasteiger partial charge >= 0.3 is 0 Å². The zero-order valence-electron chi connectivity index (χ0n) is 9.07. The molecule has 1 fully saturated rings. The molecule has 1 saturated heterocycles. The molecule has 0 spiro atoms. The molecule has 0 saturated carbocycles. The SMILES string of the molecule is CN1CCN(C)C(Cc2nc(Cl)n[nH]2)C1. The van der Waals surface area contributed by atoms with E-state index in [1.807, 2.05) is 0 Å². The Bertz CT molecular complexity index is 326. The Balaban J connectivity index is 1.98. The number of rotatable bonds is 2. The highest BCUT2D eigenvalue weighted by Crippen LogP contribution is 2.10. The van der Waals surface area contributed by atoms with Crippen LogP contribution in [0, 0.1) is 0 Å². The quantitative estimate of drug-likeness (QED) is 0.790. The molecule has 1 aliphatic rings. The van der Waals surface area contributed by atoms with Crippen molar-refractivity contribution in [2.75, 3.05) is 33.7 Å². The molecule has 6 heteroatoms. The average Bonchev–Trinajstić information content (AvgIpc) is 2.58. The highest BCUT2D eigenvalue weighted by molar-refractivity contribution is 6.28. The van der Waals surface area contributed by atoms with Gasteiger partial charge in [-0.1, -0.05) is 0 Å². The van der Waals surface area contributed by atoms with Crippen LogP contribution in [0.5, 0.6) is 0 Å². The second-order valence-corrected chi connectivity index (χ2v) is 4.49. The minimum Gasteiger partial charge on any atom is -0.304 e. The molecule has 0 aliphatic carbocycles. The van der Waals surface area contributed by atoms with Gasteiger partial charge in [0.05, 0.1) is 0 Å². The predicted octanol–water partition coefficient (Wildman–Crippen LogP) is 0.246. The topological polar surface area (TPSA) is 48.1 Å². The summed E-state index contributed by atoms with van der Waals surface area (Å²) in [7, 11) is 4.29. The lowest BCUT2D eigenvalue weighted by Crippen LogP contribution is -2.50. The predicted molar refractivity (Wildman–Crippen MR) is 59.0 cm³/mol. The summed E-state index contributed by atoms with van der Waals surface area (Å²) >= 11 is 5.67. The van der Waals surface area contributed by atoms with Crippen LogP contribution in [0.25, 0.3) is 0 Å².